The lowest BCUT2D eigenvalue weighted by molar-refractivity contribution is -0.113. The second-order valence-electron chi connectivity index (χ2n) is 4.93. The van der Waals surface area contributed by atoms with Gasteiger partial charge in [-0.25, -0.2) is 4.39 Å². The highest BCUT2D eigenvalue weighted by Crippen LogP contribution is 2.45. The summed E-state index contributed by atoms with van der Waals surface area (Å²) in [5, 5.41) is 20.1. The Morgan fingerprint density at radius 2 is 2.33 bits per heavy atom. The molecule has 0 radical (unpaired) electrons. The van der Waals surface area contributed by atoms with Gasteiger partial charge in [-0.05, 0) is 37.5 Å². The summed E-state index contributed by atoms with van der Waals surface area (Å²) in [6.45, 7) is 2.33. The van der Waals surface area contributed by atoms with Gasteiger partial charge in [-0.3, -0.25) is 0 Å². The molecule has 18 heavy (non-hydrogen) atoms. The molecule has 0 aliphatic carbocycles. The Hall–Kier alpha value is -1.44. The fraction of sp³-hybridized carbons (Fsp3) is 0.500. The molecule has 2 rings (SSSR count). The van der Waals surface area contributed by atoms with Crippen LogP contribution in [0.1, 0.15) is 25.3 Å². The fourth-order valence-electron chi connectivity index (χ4n) is 2.44. The maximum absolute atomic E-state index is 13.3. The van der Waals surface area contributed by atoms with Crippen LogP contribution in [0.2, 0.25) is 0 Å². The molecule has 3 nitrogen and oxygen atoms in total. The molecule has 1 fully saturated rings. The van der Waals surface area contributed by atoms with Gasteiger partial charge in [-0.1, -0.05) is 12.1 Å². The molecule has 1 saturated heterocycles. The first kappa shape index (κ1) is 13.0. The highest BCUT2D eigenvalue weighted by atomic mass is 19.1. The van der Waals surface area contributed by atoms with Gasteiger partial charge < -0.3 is 9.84 Å². The molecule has 1 aliphatic heterocycles. The highest BCUT2D eigenvalue weighted by molar-refractivity contribution is 5.29. The summed E-state index contributed by atoms with van der Waals surface area (Å²) in [6.07, 6.45) is 1.27. The third-order valence-electron chi connectivity index (χ3n) is 3.77. The van der Waals surface area contributed by atoms with Crippen LogP contribution >= 0.6 is 0 Å². The molecular formula is C14H16FNO2. The van der Waals surface area contributed by atoms with Crippen LogP contribution in [0.5, 0.6) is 0 Å². The van der Waals surface area contributed by atoms with Gasteiger partial charge in [0.25, 0.3) is 0 Å². The molecule has 0 amide bonds. The topological polar surface area (TPSA) is 53.2 Å². The Morgan fingerprint density at radius 3 is 2.89 bits per heavy atom. The van der Waals surface area contributed by atoms with Gasteiger partial charge in [0.15, 0.2) is 0 Å². The minimum absolute atomic E-state index is 0.174. The highest BCUT2D eigenvalue weighted by Gasteiger charge is 2.50. The van der Waals surface area contributed by atoms with Crippen LogP contribution in [-0.4, -0.2) is 18.3 Å². The van der Waals surface area contributed by atoms with Crippen molar-refractivity contribution in [1.82, 2.24) is 0 Å². The Balaban J connectivity index is 2.43. The number of ether oxygens (including phenoxy) is 1. The molecule has 0 saturated carbocycles. The summed E-state index contributed by atoms with van der Waals surface area (Å²) < 4.78 is 18.6. The van der Waals surface area contributed by atoms with Gasteiger partial charge >= 0.3 is 0 Å². The number of aliphatic hydroxyl groups is 1. The lowest BCUT2D eigenvalue weighted by atomic mass is 9.67. The number of rotatable bonds is 2. The van der Waals surface area contributed by atoms with Gasteiger partial charge in [-0.2, -0.15) is 5.26 Å². The molecule has 1 heterocycles. The van der Waals surface area contributed by atoms with E-state index in [0.29, 0.717) is 18.6 Å². The monoisotopic (exact) mass is 249 g/mol. The first-order valence-corrected chi connectivity index (χ1v) is 5.99. The normalized spacial score (nSPS) is 27.2. The van der Waals surface area contributed by atoms with E-state index in [4.69, 9.17) is 4.74 Å². The molecule has 0 spiro atoms. The van der Waals surface area contributed by atoms with E-state index in [9.17, 15) is 14.8 Å². The average Bonchev–Trinajstić information content (AvgIpc) is 2.39. The van der Waals surface area contributed by atoms with E-state index in [2.05, 4.69) is 6.07 Å². The van der Waals surface area contributed by atoms with Crippen molar-refractivity contribution in [2.24, 2.45) is 5.41 Å². The number of benzene rings is 1. The van der Waals surface area contributed by atoms with Gasteiger partial charge in [0.05, 0.1) is 12.7 Å². The SMILES string of the molecule is CC(O)(c1cccc(F)c1)C1(C#N)CCCOC1. The minimum atomic E-state index is -1.43. The van der Waals surface area contributed by atoms with E-state index >= 15 is 0 Å². The van der Waals surface area contributed by atoms with Crippen LogP contribution < -0.4 is 0 Å². The maximum atomic E-state index is 13.3. The summed E-state index contributed by atoms with van der Waals surface area (Å²) in [5.74, 6) is -0.419. The molecule has 4 heteroatoms. The number of hydrogen-bond donors (Lipinski definition) is 1. The second-order valence-corrected chi connectivity index (χ2v) is 4.93. The number of halogens is 1. The largest absolute Gasteiger partial charge is 0.384 e. The van der Waals surface area contributed by atoms with Crippen molar-refractivity contribution >= 4 is 0 Å². The summed E-state index contributed by atoms with van der Waals surface area (Å²) in [4.78, 5) is 0. The number of nitriles is 1. The zero-order chi connectivity index (χ0) is 13.2. The predicted octanol–water partition coefficient (Wildman–Crippen LogP) is 2.35. The zero-order valence-electron chi connectivity index (χ0n) is 10.3. The van der Waals surface area contributed by atoms with Crippen LogP contribution in [0.25, 0.3) is 0 Å². The number of nitrogens with zero attached hydrogens (tertiary/aromatic N) is 1. The third kappa shape index (κ3) is 2.00. The van der Waals surface area contributed by atoms with Crippen LogP contribution in [0.15, 0.2) is 24.3 Å². The lowest BCUT2D eigenvalue weighted by Gasteiger charge is -2.42. The van der Waals surface area contributed by atoms with Crippen molar-refractivity contribution < 1.29 is 14.2 Å². The van der Waals surface area contributed by atoms with E-state index in [1.807, 2.05) is 0 Å². The summed E-state index contributed by atoms with van der Waals surface area (Å²) in [5.41, 5.74) is -2.03. The molecule has 0 aromatic heterocycles. The minimum Gasteiger partial charge on any atom is -0.384 e. The van der Waals surface area contributed by atoms with Crippen molar-refractivity contribution in [1.29, 1.82) is 5.26 Å². The maximum Gasteiger partial charge on any atom is 0.123 e. The van der Waals surface area contributed by atoms with E-state index in [1.54, 1.807) is 13.0 Å². The van der Waals surface area contributed by atoms with Crippen molar-refractivity contribution in [2.45, 2.75) is 25.4 Å². The van der Waals surface area contributed by atoms with E-state index in [1.165, 1.54) is 18.2 Å². The van der Waals surface area contributed by atoms with Crippen LogP contribution in [0.3, 0.4) is 0 Å². The van der Waals surface area contributed by atoms with Crippen molar-refractivity contribution in [3.63, 3.8) is 0 Å². The second kappa shape index (κ2) is 4.68. The molecule has 1 aliphatic rings. The summed E-state index contributed by atoms with van der Waals surface area (Å²) in [6, 6.07) is 7.94. The first-order chi connectivity index (χ1) is 8.52. The Kier molecular flexibility index (Phi) is 3.38. The van der Waals surface area contributed by atoms with E-state index in [-0.39, 0.29) is 6.61 Å². The molecule has 0 bridgehead atoms. The standard InChI is InChI=1S/C14H16FNO2/c1-13(17,11-4-2-5-12(15)8-11)14(9-16)6-3-7-18-10-14/h2,4-5,8,17H,3,6-7,10H2,1H3. The smallest absolute Gasteiger partial charge is 0.123 e. The molecule has 1 aromatic rings. The Morgan fingerprint density at radius 1 is 1.56 bits per heavy atom. The van der Waals surface area contributed by atoms with Gasteiger partial charge in [0.2, 0.25) is 0 Å². The van der Waals surface area contributed by atoms with E-state index in [0.717, 1.165) is 6.42 Å². The van der Waals surface area contributed by atoms with Crippen LogP contribution in [0.4, 0.5) is 4.39 Å². The van der Waals surface area contributed by atoms with Crippen LogP contribution in [-0.2, 0) is 10.3 Å². The predicted molar refractivity (Wildman–Crippen MR) is 64.1 cm³/mol. The molecule has 1 aromatic carbocycles. The van der Waals surface area contributed by atoms with Crippen molar-refractivity contribution in [2.75, 3.05) is 13.2 Å². The first-order valence-electron chi connectivity index (χ1n) is 5.99. The summed E-state index contributed by atoms with van der Waals surface area (Å²) >= 11 is 0. The fourth-order valence-corrected chi connectivity index (χ4v) is 2.44. The molecule has 96 valence electrons. The average molecular weight is 249 g/mol. The zero-order valence-corrected chi connectivity index (χ0v) is 10.3. The Bertz CT molecular complexity index is 473. The molecule has 1 N–H and O–H groups in total. The van der Waals surface area contributed by atoms with Crippen molar-refractivity contribution in [3.05, 3.63) is 35.6 Å². The lowest BCUT2D eigenvalue weighted by Crippen LogP contribution is -2.48. The van der Waals surface area contributed by atoms with Crippen LogP contribution in [0, 0.1) is 22.6 Å². The third-order valence-corrected chi connectivity index (χ3v) is 3.77. The number of hydrogen-bond acceptors (Lipinski definition) is 3. The van der Waals surface area contributed by atoms with Gasteiger partial charge in [0.1, 0.15) is 16.8 Å². The van der Waals surface area contributed by atoms with Crippen molar-refractivity contribution in [3.8, 4) is 6.07 Å². The van der Waals surface area contributed by atoms with Gasteiger partial charge in [0, 0.05) is 6.61 Å². The van der Waals surface area contributed by atoms with Gasteiger partial charge in [-0.15, -0.1) is 0 Å². The van der Waals surface area contributed by atoms with E-state index < -0.39 is 16.8 Å². The molecular weight excluding hydrogens is 233 g/mol. The molecule has 2 unspecified atom stereocenters. The summed E-state index contributed by atoms with van der Waals surface area (Å²) in [7, 11) is 0. The molecule has 2 atom stereocenters. The quantitative estimate of drug-likeness (QED) is 0.875. The Labute approximate surface area is 106 Å².